The summed E-state index contributed by atoms with van der Waals surface area (Å²) < 4.78 is 4.68. The summed E-state index contributed by atoms with van der Waals surface area (Å²) in [7, 11) is 1.41. The minimum absolute atomic E-state index is 0.261. The largest absolute Gasteiger partial charge is 0.465 e. The van der Waals surface area contributed by atoms with Crippen molar-refractivity contribution in [2.24, 2.45) is 0 Å². The molecule has 0 unspecified atom stereocenters. The molecule has 1 aliphatic rings. The Morgan fingerprint density at radius 1 is 1.19 bits per heavy atom. The highest BCUT2D eigenvalue weighted by Crippen LogP contribution is 2.32. The molecular weight excluding hydrogens is 200 g/mol. The first-order valence-electron chi connectivity index (χ1n) is 5.81. The number of carbonyl (C=O) groups excluding carboxylic acids is 1. The summed E-state index contributed by atoms with van der Waals surface area (Å²) in [5.41, 5.74) is 1.98. The average Bonchev–Trinajstić information content (AvgIpc) is 2.39. The Morgan fingerprint density at radius 2 is 1.81 bits per heavy atom. The van der Waals surface area contributed by atoms with Gasteiger partial charge in [-0.25, -0.2) is 4.79 Å². The zero-order valence-electron chi connectivity index (χ0n) is 9.61. The third-order valence-corrected chi connectivity index (χ3v) is 3.24. The van der Waals surface area contributed by atoms with Crippen LogP contribution in [0.25, 0.3) is 0 Å². The van der Waals surface area contributed by atoms with Gasteiger partial charge in [-0.05, 0) is 55.7 Å². The van der Waals surface area contributed by atoms with Crippen molar-refractivity contribution in [2.45, 2.75) is 31.6 Å². The summed E-state index contributed by atoms with van der Waals surface area (Å²) in [5, 5.41) is 0. The third kappa shape index (κ3) is 2.43. The van der Waals surface area contributed by atoms with E-state index in [4.69, 9.17) is 0 Å². The molecule has 0 aliphatic heterocycles. The van der Waals surface area contributed by atoms with E-state index in [1.807, 2.05) is 12.1 Å². The summed E-state index contributed by atoms with van der Waals surface area (Å²) in [6.45, 7) is 0. The van der Waals surface area contributed by atoms with Gasteiger partial charge in [-0.1, -0.05) is 12.1 Å². The van der Waals surface area contributed by atoms with Crippen LogP contribution < -0.4 is 0 Å². The molecule has 1 fully saturated rings. The number of methoxy groups -OCH3 is 1. The molecule has 2 heteroatoms. The molecule has 1 aromatic carbocycles. The fourth-order valence-corrected chi connectivity index (χ4v) is 2.27. The number of benzene rings is 1. The van der Waals surface area contributed by atoms with E-state index in [2.05, 4.69) is 23.3 Å². The molecule has 1 aromatic rings. The number of hydrogen-bond acceptors (Lipinski definition) is 2. The highest BCUT2D eigenvalue weighted by molar-refractivity contribution is 5.89. The van der Waals surface area contributed by atoms with E-state index in [0.717, 1.165) is 0 Å². The number of hydrogen-bond donors (Lipinski definition) is 0. The summed E-state index contributed by atoms with van der Waals surface area (Å²) >= 11 is 0. The van der Waals surface area contributed by atoms with Gasteiger partial charge >= 0.3 is 5.97 Å². The molecule has 1 saturated carbocycles. The van der Waals surface area contributed by atoms with E-state index in [0.29, 0.717) is 11.5 Å². The lowest BCUT2D eigenvalue weighted by Gasteiger charge is -2.21. The Hall–Kier alpha value is -1.31. The fourth-order valence-electron chi connectivity index (χ4n) is 2.27. The molecule has 0 heterocycles. The Balaban J connectivity index is 2.09. The van der Waals surface area contributed by atoms with Crippen LogP contribution in [0.1, 0.15) is 47.5 Å². The number of ether oxygens (including phenoxy) is 1. The molecule has 1 radical (unpaired) electrons. The predicted molar refractivity (Wildman–Crippen MR) is 63.3 cm³/mol. The monoisotopic (exact) mass is 217 g/mol. The van der Waals surface area contributed by atoms with Gasteiger partial charge in [0.05, 0.1) is 12.7 Å². The van der Waals surface area contributed by atoms with Crippen molar-refractivity contribution < 1.29 is 9.53 Å². The van der Waals surface area contributed by atoms with Gasteiger partial charge in [0.15, 0.2) is 0 Å². The highest BCUT2D eigenvalue weighted by atomic mass is 16.5. The zero-order valence-corrected chi connectivity index (χ0v) is 9.61. The number of carbonyl (C=O) groups is 1. The normalized spacial score (nSPS) is 17.1. The molecule has 85 valence electrons. The van der Waals surface area contributed by atoms with Gasteiger partial charge in [0.1, 0.15) is 0 Å². The van der Waals surface area contributed by atoms with Crippen LogP contribution in [0.5, 0.6) is 0 Å². The molecule has 2 nitrogen and oxygen atoms in total. The van der Waals surface area contributed by atoms with E-state index in [9.17, 15) is 4.79 Å². The first kappa shape index (κ1) is 11.2. The maximum atomic E-state index is 11.3. The van der Waals surface area contributed by atoms with Crippen LogP contribution in [0.4, 0.5) is 0 Å². The molecule has 1 aliphatic carbocycles. The molecule has 0 saturated heterocycles. The molecule has 0 bridgehead atoms. The maximum absolute atomic E-state index is 11.3. The van der Waals surface area contributed by atoms with Crippen molar-refractivity contribution in [1.82, 2.24) is 0 Å². The molecule has 0 atom stereocenters. The van der Waals surface area contributed by atoms with E-state index < -0.39 is 0 Å². The Bertz CT molecular complexity index is 348. The second-order valence-corrected chi connectivity index (χ2v) is 4.25. The van der Waals surface area contributed by atoms with Crippen molar-refractivity contribution in [2.75, 3.05) is 7.11 Å². The van der Waals surface area contributed by atoms with Crippen molar-refractivity contribution in [3.05, 3.63) is 41.8 Å². The van der Waals surface area contributed by atoms with Crippen molar-refractivity contribution in [3.8, 4) is 0 Å². The van der Waals surface area contributed by atoms with Gasteiger partial charge < -0.3 is 4.74 Å². The molecule has 0 spiro atoms. The molecule has 16 heavy (non-hydrogen) atoms. The van der Waals surface area contributed by atoms with E-state index in [1.54, 1.807) is 0 Å². The zero-order chi connectivity index (χ0) is 11.4. The smallest absolute Gasteiger partial charge is 0.337 e. The van der Waals surface area contributed by atoms with Gasteiger partial charge in [0, 0.05) is 0 Å². The van der Waals surface area contributed by atoms with Crippen LogP contribution in [0.2, 0.25) is 0 Å². The lowest BCUT2D eigenvalue weighted by molar-refractivity contribution is 0.0600. The molecule has 0 amide bonds. The topological polar surface area (TPSA) is 26.3 Å². The minimum Gasteiger partial charge on any atom is -0.465 e. The van der Waals surface area contributed by atoms with Crippen molar-refractivity contribution in [3.63, 3.8) is 0 Å². The molecule has 0 N–H and O–H groups in total. The first-order valence-corrected chi connectivity index (χ1v) is 5.81. The van der Waals surface area contributed by atoms with Crippen molar-refractivity contribution >= 4 is 5.97 Å². The number of rotatable bonds is 2. The van der Waals surface area contributed by atoms with Crippen LogP contribution in [0.15, 0.2) is 24.3 Å². The van der Waals surface area contributed by atoms with Crippen LogP contribution in [0.3, 0.4) is 0 Å². The van der Waals surface area contributed by atoms with Crippen LogP contribution in [-0.4, -0.2) is 13.1 Å². The lowest BCUT2D eigenvalue weighted by Crippen LogP contribution is -2.06. The van der Waals surface area contributed by atoms with Crippen LogP contribution in [-0.2, 0) is 4.74 Å². The maximum Gasteiger partial charge on any atom is 0.337 e. The van der Waals surface area contributed by atoms with E-state index >= 15 is 0 Å². The van der Waals surface area contributed by atoms with Gasteiger partial charge in [-0.2, -0.15) is 0 Å². The summed E-state index contributed by atoms with van der Waals surface area (Å²) in [5.74, 6) is 0.403. The quantitative estimate of drug-likeness (QED) is 0.710. The van der Waals surface area contributed by atoms with Gasteiger partial charge in [0.25, 0.3) is 0 Å². The molecule has 2 rings (SSSR count). The van der Waals surface area contributed by atoms with E-state index in [-0.39, 0.29) is 5.97 Å². The summed E-state index contributed by atoms with van der Waals surface area (Å²) in [4.78, 5) is 11.3. The summed E-state index contributed by atoms with van der Waals surface area (Å²) in [6.07, 6.45) is 7.25. The second-order valence-electron chi connectivity index (χ2n) is 4.25. The van der Waals surface area contributed by atoms with Gasteiger partial charge in [-0.3, -0.25) is 0 Å². The first-order chi connectivity index (χ1) is 7.81. The molecular formula is C14H17O2. The Labute approximate surface area is 96.6 Å². The van der Waals surface area contributed by atoms with Crippen molar-refractivity contribution in [1.29, 1.82) is 0 Å². The number of esters is 1. The van der Waals surface area contributed by atoms with Crippen LogP contribution >= 0.6 is 0 Å². The predicted octanol–water partition coefficient (Wildman–Crippen LogP) is 3.34. The van der Waals surface area contributed by atoms with Crippen LogP contribution in [0, 0.1) is 6.42 Å². The fraction of sp³-hybridized carbons (Fsp3) is 0.429. The Kier molecular flexibility index (Phi) is 3.60. The summed E-state index contributed by atoms with van der Waals surface area (Å²) in [6, 6.07) is 7.84. The minimum atomic E-state index is -0.261. The average molecular weight is 217 g/mol. The van der Waals surface area contributed by atoms with E-state index in [1.165, 1.54) is 38.4 Å². The lowest BCUT2D eigenvalue weighted by atomic mass is 9.84. The second kappa shape index (κ2) is 5.15. The van der Waals surface area contributed by atoms with Gasteiger partial charge in [-0.15, -0.1) is 0 Å². The SMILES string of the molecule is COC(=O)c1ccc(C2CC[CH]CC2)cc1. The third-order valence-electron chi connectivity index (χ3n) is 3.24. The van der Waals surface area contributed by atoms with Gasteiger partial charge in [0.2, 0.25) is 0 Å². The standard InChI is InChI=1S/C14H17O2/c1-16-14(15)13-9-7-12(8-10-13)11-5-3-2-4-6-11/h2,7-11H,3-6H2,1H3. The Morgan fingerprint density at radius 3 is 2.38 bits per heavy atom. The highest BCUT2D eigenvalue weighted by Gasteiger charge is 2.15. The molecule has 0 aromatic heterocycles.